The molecular formula is C14H16ClFO3. The van der Waals surface area contributed by atoms with Gasteiger partial charge in [0.15, 0.2) is 5.78 Å². The van der Waals surface area contributed by atoms with Crippen molar-refractivity contribution in [1.82, 2.24) is 0 Å². The molecule has 0 bridgehead atoms. The van der Waals surface area contributed by atoms with E-state index in [2.05, 4.69) is 0 Å². The summed E-state index contributed by atoms with van der Waals surface area (Å²) in [4.78, 5) is 12.4. The van der Waals surface area contributed by atoms with Gasteiger partial charge in [-0.25, -0.2) is 4.39 Å². The molecule has 5 heteroatoms. The third-order valence-corrected chi connectivity index (χ3v) is 3.79. The molecule has 3 nitrogen and oxygen atoms in total. The summed E-state index contributed by atoms with van der Waals surface area (Å²) >= 11 is 5.83. The van der Waals surface area contributed by atoms with Crippen molar-refractivity contribution in [1.29, 1.82) is 0 Å². The van der Waals surface area contributed by atoms with Crippen LogP contribution in [0.4, 0.5) is 4.39 Å². The van der Waals surface area contributed by atoms with Crippen LogP contribution in [0, 0.1) is 5.82 Å². The van der Waals surface area contributed by atoms with Gasteiger partial charge in [0.1, 0.15) is 11.4 Å². The SMILES string of the molecule is COC1(C(=O)Cc2cc(Cl)ccc2F)CCOCC1. The fraction of sp³-hybridized carbons (Fsp3) is 0.500. The molecule has 2 rings (SSSR count). The molecule has 0 radical (unpaired) electrons. The number of ether oxygens (including phenoxy) is 2. The highest BCUT2D eigenvalue weighted by Gasteiger charge is 2.39. The third-order valence-electron chi connectivity index (χ3n) is 3.56. The molecule has 1 aromatic rings. The van der Waals surface area contributed by atoms with Crippen LogP contribution in [0.3, 0.4) is 0 Å². The van der Waals surface area contributed by atoms with Crippen LogP contribution in [0.1, 0.15) is 18.4 Å². The van der Waals surface area contributed by atoms with Gasteiger partial charge in [-0.15, -0.1) is 0 Å². The van der Waals surface area contributed by atoms with Gasteiger partial charge in [0.25, 0.3) is 0 Å². The van der Waals surface area contributed by atoms with Crippen LogP contribution < -0.4 is 0 Å². The maximum Gasteiger partial charge on any atom is 0.169 e. The van der Waals surface area contributed by atoms with Crippen molar-refractivity contribution < 1.29 is 18.7 Å². The number of hydrogen-bond acceptors (Lipinski definition) is 3. The highest BCUT2D eigenvalue weighted by molar-refractivity contribution is 6.30. The van der Waals surface area contributed by atoms with Gasteiger partial charge in [-0.1, -0.05) is 11.6 Å². The van der Waals surface area contributed by atoms with E-state index in [4.69, 9.17) is 21.1 Å². The molecule has 1 aromatic carbocycles. The molecule has 1 aliphatic rings. The fourth-order valence-electron chi connectivity index (χ4n) is 2.31. The quantitative estimate of drug-likeness (QED) is 0.854. The highest BCUT2D eigenvalue weighted by Crippen LogP contribution is 2.28. The number of carbonyl (C=O) groups is 1. The van der Waals surface area contributed by atoms with E-state index in [1.165, 1.54) is 25.3 Å². The molecule has 1 fully saturated rings. The van der Waals surface area contributed by atoms with Crippen molar-refractivity contribution in [3.05, 3.63) is 34.6 Å². The van der Waals surface area contributed by atoms with E-state index in [1.54, 1.807) is 0 Å². The molecule has 19 heavy (non-hydrogen) atoms. The standard InChI is InChI=1S/C14H16ClFO3/c1-18-14(4-6-19-7-5-14)13(17)9-10-8-11(15)2-3-12(10)16/h2-3,8H,4-7,9H2,1H3. The first-order valence-corrected chi connectivity index (χ1v) is 6.55. The molecule has 1 heterocycles. The van der Waals surface area contributed by atoms with Crippen molar-refractivity contribution in [2.75, 3.05) is 20.3 Å². The Morgan fingerprint density at radius 1 is 1.47 bits per heavy atom. The minimum absolute atomic E-state index is 0.0137. The number of ketones is 1. The van der Waals surface area contributed by atoms with Gasteiger partial charge < -0.3 is 9.47 Å². The number of rotatable bonds is 4. The minimum Gasteiger partial charge on any atom is -0.381 e. The summed E-state index contributed by atoms with van der Waals surface area (Å²) < 4.78 is 24.3. The number of benzene rings is 1. The van der Waals surface area contributed by atoms with Crippen molar-refractivity contribution >= 4 is 17.4 Å². The van der Waals surface area contributed by atoms with E-state index >= 15 is 0 Å². The topological polar surface area (TPSA) is 35.5 Å². The largest absolute Gasteiger partial charge is 0.381 e. The van der Waals surface area contributed by atoms with Gasteiger partial charge in [-0.05, 0) is 23.8 Å². The smallest absolute Gasteiger partial charge is 0.169 e. The Morgan fingerprint density at radius 2 is 2.16 bits per heavy atom. The monoisotopic (exact) mass is 286 g/mol. The molecular weight excluding hydrogens is 271 g/mol. The normalized spacial score (nSPS) is 18.3. The average Bonchev–Trinajstić information content (AvgIpc) is 2.43. The molecule has 0 atom stereocenters. The number of halogens is 2. The molecule has 0 spiro atoms. The predicted octanol–water partition coefficient (Wildman–Crippen LogP) is 2.79. The van der Waals surface area contributed by atoms with Gasteiger partial charge in [0.2, 0.25) is 0 Å². The second kappa shape index (κ2) is 5.99. The summed E-state index contributed by atoms with van der Waals surface area (Å²) in [5, 5.41) is 0.419. The summed E-state index contributed by atoms with van der Waals surface area (Å²) in [5.74, 6) is -0.546. The van der Waals surface area contributed by atoms with Crippen LogP contribution in [0.2, 0.25) is 5.02 Å². The van der Waals surface area contributed by atoms with Crippen LogP contribution >= 0.6 is 11.6 Å². The molecule has 0 aromatic heterocycles. The number of methoxy groups -OCH3 is 1. The van der Waals surface area contributed by atoms with Crippen molar-refractivity contribution in [3.63, 3.8) is 0 Å². The van der Waals surface area contributed by atoms with E-state index in [9.17, 15) is 9.18 Å². The van der Waals surface area contributed by atoms with E-state index in [-0.39, 0.29) is 12.2 Å². The van der Waals surface area contributed by atoms with E-state index in [1.807, 2.05) is 0 Å². The summed E-state index contributed by atoms with van der Waals surface area (Å²) in [6, 6.07) is 4.22. The fourth-order valence-corrected chi connectivity index (χ4v) is 2.51. The highest BCUT2D eigenvalue weighted by atomic mass is 35.5. The van der Waals surface area contributed by atoms with E-state index in [0.29, 0.717) is 36.6 Å². The zero-order valence-corrected chi connectivity index (χ0v) is 11.5. The Balaban J connectivity index is 2.17. The predicted molar refractivity (Wildman–Crippen MR) is 69.9 cm³/mol. The Labute approximate surface area is 116 Å². The maximum atomic E-state index is 13.6. The average molecular weight is 287 g/mol. The van der Waals surface area contributed by atoms with Gasteiger partial charge in [-0.2, -0.15) is 0 Å². The van der Waals surface area contributed by atoms with Crippen LogP contribution in [0.15, 0.2) is 18.2 Å². The van der Waals surface area contributed by atoms with Crippen molar-refractivity contribution in [3.8, 4) is 0 Å². The summed E-state index contributed by atoms with van der Waals surface area (Å²) in [5.41, 5.74) is -0.548. The second-order valence-electron chi connectivity index (χ2n) is 4.65. The molecule has 0 aliphatic carbocycles. The zero-order valence-electron chi connectivity index (χ0n) is 10.7. The Kier molecular flexibility index (Phi) is 4.55. The zero-order chi connectivity index (χ0) is 13.9. The van der Waals surface area contributed by atoms with Crippen LogP contribution in [0.25, 0.3) is 0 Å². The van der Waals surface area contributed by atoms with Gasteiger partial charge in [0.05, 0.1) is 0 Å². The van der Waals surface area contributed by atoms with Crippen LogP contribution in [0.5, 0.6) is 0 Å². The van der Waals surface area contributed by atoms with Crippen molar-refractivity contribution in [2.24, 2.45) is 0 Å². The molecule has 0 N–H and O–H groups in total. The van der Waals surface area contributed by atoms with E-state index < -0.39 is 11.4 Å². The first-order chi connectivity index (χ1) is 9.07. The summed E-state index contributed by atoms with van der Waals surface area (Å²) in [6.45, 7) is 0.967. The van der Waals surface area contributed by atoms with Crippen molar-refractivity contribution in [2.45, 2.75) is 24.9 Å². The van der Waals surface area contributed by atoms with Gasteiger partial charge >= 0.3 is 0 Å². The minimum atomic E-state index is -0.854. The second-order valence-corrected chi connectivity index (χ2v) is 5.08. The Hall–Kier alpha value is -0.970. The molecule has 0 amide bonds. The third kappa shape index (κ3) is 3.14. The number of hydrogen-bond donors (Lipinski definition) is 0. The first kappa shape index (κ1) is 14.4. The van der Waals surface area contributed by atoms with Crippen LogP contribution in [-0.2, 0) is 20.7 Å². The lowest BCUT2D eigenvalue weighted by molar-refractivity contribution is -0.152. The summed E-state index contributed by atoms with van der Waals surface area (Å²) in [6.07, 6.45) is 0.995. The Bertz CT molecular complexity index is 470. The molecule has 1 saturated heterocycles. The first-order valence-electron chi connectivity index (χ1n) is 6.17. The number of carbonyl (C=O) groups excluding carboxylic acids is 1. The Morgan fingerprint density at radius 3 is 2.79 bits per heavy atom. The van der Waals surface area contributed by atoms with Gasteiger partial charge in [-0.3, -0.25) is 4.79 Å². The van der Waals surface area contributed by atoms with E-state index in [0.717, 1.165) is 0 Å². The molecule has 104 valence electrons. The van der Waals surface area contributed by atoms with Gasteiger partial charge in [0, 0.05) is 44.6 Å². The lowest BCUT2D eigenvalue weighted by atomic mass is 9.86. The molecule has 1 aliphatic heterocycles. The lowest BCUT2D eigenvalue weighted by Crippen LogP contribution is -2.46. The van der Waals surface area contributed by atoms with Crippen LogP contribution in [-0.4, -0.2) is 31.7 Å². The molecule has 0 saturated carbocycles. The number of Topliss-reactive ketones (excluding diaryl/α,β-unsaturated/α-hetero) is 1. The lowest BCUT2D eigenvalue weighted by Gasteiger charge is -2.34. The molecule has 0 unspecified atom stereocenters. The maximum absolute atomic E-state index is 13.6. The summed E-state index contributed by atoms with van der Waals surface area (Å²) in [7, 11) is 1.51.